The molecule has 0 aliphatic rings. The van der Waals surface area contributed by atoms with Crippen LogP contribution in [-0.4, -0.2) is 27.8 Å². The van der Waals surface area contributed by atoms with Crippen LogP contribution >= 0.6 is 0 Å². The van der Waals surface area contributed by atoms with E-state index in [2.05, 4.69) is 0 Å². The molecule has 0 unspecified atom stereocenters. The highest BCUT2D eigenvalue weighted by Crippen LogP contribution is 2.27. The smallest absolute Gasteiger partial charge is 0.258 e. The lowest BCUT2D eigenvalue weighted by Gasteiger charge is -2.21. The first-order valence-electron chi connectivity index (χ1n) is 6.15. The number of aromatic hydroxyl groups is 3. The molecular weight excluding hydrogens is 258 g/mol. The lowest BCUT2D eigenvalue weighted by molar-refractivity contribution is 0.0988. The number of phenols is 3. The molecular formula is C15H15NO4. The quantitative estimate of drug-likeness (QED) is 0.750. The maximum Gasteiger partial charge on any atom is 0.258 e. The van der Waals surface area contributed by atoms with Crippen molar-refractivity contribution in [3.05, 3.63) is 48.0 Å². The van der Waals surface area contributed by atoms with E-state index in [1.165, 1.54) is 35.2 Å². The van der Waals surface area contributed by atoms with Gasteiger partial charge in [-0.15, -0.1) is 0 Å². The van der Waals surface area contributed by atoms with Gasteiger partial charge >= 0.3 is 0 Å². The van der Waals surface area contributed by atoms with Crippen molar-refractivity contribution in [1.29, 1.82) is 0 Å². The zero-order valence-corrected chi connectivity index (χ0v) is 10.9. The Kier molecular flexibility index (Phi) is 3.79. The molecule has 20 heavy (non-hydrogen) atoms. The third-order valence-electron chi connectivity index (χ3n) is 2.93. The van der Waals surface area contributed by atoms with Crippen molar-refractivity contribution in [1.82, 2.24) is 0 Å². The lowest BCUT2D eigenvalue weighted by atomic mass is 10.1. The third-order valence-corrected chi connectivity index (χ3v) is 2.93. The molecule has 0 spiro atoms. The molecule has 0 aliphatic heterocycles. The van der Waals surface area contributed by atoms with Crippen molar-refractivity contribution < 1.29 is 20.1 Å². The zero-order chi connectivity index (χ0) is 14.7. The number of amides is 1. The van der Waals surface area contributed by atoms with Gasteiger partial charge in [-0.05, 0) is 37.3 Å². The molecule has 0 aliphatic carbocycles. The molecule has 0 radical (unpaired) electrons. The second kappa shape index (κ2) is 5.52. The van der Waals surface area contributed by atoms with Crippen LogP contribution in [0.2, 0.25) is 0 Å². The van der Waals surface area contributed by atoms with Crippen molar-refractivity contribution in [2.24, 2.45) is 0 Å². The van der Waals surface area contributed by atoms with Crippen LogP contribution in [-0.2, 0) is 0 Å². The number of phenolic OH excluding ortho intramolecular Hbond substituents is 3. The second-order valence-electron chi connectivity index (χ2n) is 4.27. The van der Waals surface area contributed by atoms with Crippen LogP contribution in [0.3, 0.4) is 0 Å². The van der Waals surface area contributed by atoms with E-state index in [9.17, 15) is 20.1 Å². The Hall–Kier alpha value is -2.69. The van der Waals surface area contributed by atoms with Crippen LogP contribution in [0.1, 0.15) is 17.3 Å². The molecule has 0 atom stereocenters. The summed E-state index contributed by atoms with van der Waals surface area (Å²) in [6.07, 6.45) is 0. The van der Waals surface area contributed by atoms with E-state index in [4.69, 9.17) is 0 Å². The Labute approximate surface area is 116 Å². The predicted octanol–water partition coefficient (Wildman–Crippen LogP) is 2.47. The zero-order valence-electron chi connectivity index (χ0n) is 10.9. The summed E-state index contributed by atoms with van der Waals surface area (Å²) in [7, 11) is 0. The molecule has 0 heterocycles. The first-order chi connectivity index (χ1) is 9.52. The Morgan fingerprint density at radius 3 is 2.40 bits per heavy atom. The highest BCUT2D eigenvalue weighted by molar-refractivity contribution is 6.06. The van der Waals surface area contributed by atoms with Crippen LogP contribution in [0.4, 0.5) is 5.69 Å². The average Bonchev–Trinajstić information content (AvgIpc) is 2.42. The van der Waals surface area contributed by atoms with Gasteiger partial charge in [-0.3, -0.25) is 4.79 Å². The predicted molar refractivity (Wildman–Crippen MR) is 75.2 cm³/mol. The topological polar surface area (TPSA) is 81.0 Å². The standard InChI is InChI=1S/C15H15NO4/c1-2-16(11-4-3-5-12(17)9-11)15(20)10-6-7-13(18)14(19)8-10/h3-9,17-19H,2H2,1H3. The van der Waals surface area contributed by atoms with Crippen molar-refractivity contribution in [3.8, 4) is 17.2 Å². The molecule has 0 bridgehead atoms. The number of anilines is 1. The normalized spacial score (nSPS) is 10.2. The molecule has 3 N–H and O–H groups in total. The molecule has 2 rings (SSSR count). The van der Waals surface area contributed by atoms with E-state index < -0.39 is 0 Å². The molecule has 0 saturated carbocycles. The Morgan fingerprint density at radius 1 is 1.05 bits per heavy atom. The van der Waals surface area contributed by atoms with Crippen LogP contribution < -0.4 is 4.90 Å². The molecule has 0 aromatic heterocycles. The van der Waals surface area contributed by atoms with E-state index in [0.29, 0.717) is 12.2 Å². The van der Waals surface area contributed by atoms with Crippen LogP contribution in [0, 0.1) is 0 Å². The molecule has 2 aromatic carbocycles. The van der Waals surface area contributed by atoms with Gasteiger partial charge in [0.1, 0.15) is 5.75 Å². The summed E-state index contributed by atoms with van der Waals surface area (Å²) in [5.74, 6) is -0.875. The second-order valence-corrected chi connectivity index (χ2v) is 4.27. The number of benzene rings is 2. The molecule has 5 heteroatoms. The van der Waals surface area contributed by atoms with Crippen LogP contribution in [0.25, 0.3) is 0 Å². The Bertz CT molecular complexity index is 640. The summed E-state index contributed by atoms with van der Waals surface area (Å²) >= 11 is 0. The SMILES string of the molecule is CCN(C(=O)c1ccc(O)c(O)c1)c1cccc(O)c1. The minimum atomic E-state index is -0.345. The van der Waals surface area contributed by atoms with Crippen molar-refractivity contribution in [3.63, 3.8) is 0 Å². The maximum atomic E-state index is 12.4. The fourth-order valence-corrected chi connectivity index (χ4v) is 1.92. The van der Waals surface area contributed by atoms with Gasteiger partial charge in [-0.1, -0.05) is 6.07 Å². The largest absolute Gasteiger partial charge is 0.508 e. The number of hydrogen-bond donors (Lipinski definition) is 3. The van der Waals surface area contributed by atoms with Gasteiger partial charge in [-0.2, -0.15) is 0 Å². The van der Waals surface area contributed by atoms with Crippen molar-refractivity contribution in [2.45, 2.75) is 6.92 Å². The number of carbonyl (C=O) groups excluding carboxylic acids is 1. The summed E-state index contributed by atoms with van der Waals surface area (Å²) in [5.41, 5.74) is 0.815. The van der Waals surface area contributed by atoms with E-state index in [1.807, 2.05) is 6.92 Å². The first-order valence-corrected chi connectivity index (χ1v) is 6.15. The summed E-state index contributed by atoms with van der Waals surface area (Å²) in [4.78, 5) is 13.9. The van der Waals surface area contributed by atoms with Crippen molar-refractivity contribution >= 4 is 11.6 Å². The lowest BCUT2D eigenvalue weighted by Crippen LogP contribution is -2.30. The van der Waals surface area contributed by atoms with E-state index >= 15 is 0 Å². The van der Waals surface area contributed by atoms with Crippen LogP contribution in [0.5, 0.6) is 17.2 Å². The minimum Gasteiger partial charge on any atom is -0.508 e. The highest BCUT2D eigenvalue weighted by atomic mass is 16.3. The maximum absolute atomic E-state index is 12.4. The fourth-order valence-electron chi connectivity index (χ4n) is 1.92. The molecule has 104 valence electrons. The van der Waals surface area contributed by atoms with Gasteiger partial charge < -0.3 is 20.2 Å². The van der Waals surface area contributed by atoms with Gasteiger partial charge in [0.05, 0.1) is 0 Å². The van der Waals surface area contributed by atoms with Crippen molar-refractivity contribution in [2.75, 3.05) is 11.4 Å². The van der Waals surface area contributed by atoms with Gasteiger partial charge in [0, 0.05) is 23.9 Å². The summed E-state index contributed by atoms with van der Waals surface area (Å²) in [6, 6.07) is 10.3. The van der Waals surface area contributed by atoms with Crippen LogP contribution in [0.15, 0.2) is 42.5 Å². The molecule has 2 aromatic rings. The monoisotopic (exact) mass is 273 g/mol. The number of hydrogen-bond acceptors (Lipinski definition) is 4. The molecule has 0 fully saturated rings. The molecule has 5 nitrogen and oxygen atoms in total. The van der Waals surface area contributed by atoms with Gasteiger partial charge in [0.2, 0.25) is 0 Å². The average molecular weight is 273 g/mol. The van der Waals surface area contributed by atoms with E-state index in [1.54, 1.807) is 12.1 Å². The number of rotatable bonds is 3. The highest BCUT2D eigenvalue weighted by Gasteiger charge is 2.17. The number of carbonyl (C=O) groups is 1. The third kappa shape index (κ3) is 2.66. The Balaban J connectivity index is 2.36. The van der Waals surface area contributed by atoms with Gasteiger partial charge in [0.15, 0.2) is 11.5 Å². The van der Waals surface area contributed by atoms with Gasteiger partial charge in [0.25, 0.3) is 5.91 Å². The van der Waals surface area contributed by atoms with E-state index in [0.717, 1.165) is 0 Å². The molecule has 0 saturated heterocycles. The first kappa shape index (κ1) is 13.7. The van der Waals surface area contributed by atoms with E-state index in [-0.39, 0.29) is 28.7 Å². The summed E-state index contributed by atoms with van der Waals surface area (Å²) < 4.78 is 0. The molecule has 1 amide bonds. The fraction of sp³-hybridized carbons (Fsp3) is 0.133. The number of nitrogens with zero attached hydrogens (tertiary/aromatic N) is 1. The summed E-state index contributed by atoms with van der Waals surface area (Å²) in [6.45, 7) is 2.21. The Morgan fingerprint density at radius 2 is 1.80 bits per heavy atom. The van der Waals surface area contributed by atoms with Gasteiger partial charge in [-0.25, -0.2) is 0 Å². The summed E-state index contributed by atoms with van der Waals surface area (Å²) in [5, 5.41) is 28.2. The minimum absolute atomic E-state index is 0.0716.